The van der Waals surface area contributed by atoms with E-state index in [0.717, 1.165) is 22.9 Å². The predicted molar refractivity (Wildman–Crippen MR) is 92.1 cm³/mol. The van der Waals surface area contributed by atoms with Crippen LogP contribution < -0.4 is 4.90 Å². The Kier molecular flexibility index (Phi) is 4.35. The molecular formula is C18H18F3N5O2. The van der Waals surface area contributed by atoms with Gasteiger partial charge in [-0.25, -0.2) is 9.97 Å². The monoisotopic (exact) mass is 393 g/mol. The van der Waals surface area contributed by atoms with Crippen LogP contribution in [0, 0.1) is 6.92 Å². The summed E-state index contributed by atoms with van der Waals surface area (Å²) in [4.78, 5) is 36.5. The molecule has 28 heavy (non-hydrogen) atoms. The maximum Gasteiger partial charge on any atom is 0.416 e. The molecule has 4 heterocycles. The minimum atomic E-state index is -4.56. The molecule has 0 spiro atoms. The van der Waals surface area contributed by atoms with E-state index in [0.29, 0.717) is 19.6 Å². The fraction of sp³-hybridized carbons (Fsp3) is 0.444. The number of halogens is 3. The van der Waals surface area contributed by atoms with Crippen molar-refractivity contribution in [1.82, 2.24) is 19.4 Å². The molecule has 0 aromatic carbocycles. The summed E-state index contributed by atoms with van der Waals surface area (Å²) in [7, 11) is 0. The quantitative estimate of drug-likeness (QED) is 0.784. The molecule has 0 N–H and O–H groups in total. The molecule has 148 valence electrons. The Hall–Kier alpha value is -2.91. The van der Waals surface area contributed by atoms with Gasteiger partial charge in [0.05, 0.1) is 12.1 Å². The SMILES string of the molecule is Cc1cc(C(F)(F)F)cc(N2C(=O)CCC2C(=O)N2CCn3ccnc3C2)n1. The van der Waals surface area contributed by atoms with Gasteiger partial charge in [-0.1, -0.05) is 0 Å². The summed E-state index contributed by atoms with van der Waals surface area (Å²) < 4.78 is 41.5. The van der Waals surface area contributed by atoms with E-state index in [9.17, 15) is 22.8 Å². The lowest BCUT2D eigenvalue weighted by molar-refractivity contribution is -0.137. The van der Waals surface area contributed by atoms with E-state index in [2.05, 4.69) is 9.97 Å². The molecule has 2 aromatic heterocycles. The molecule has 1 unspecified atom stereocenters. The maximum absolute atomic E-state index is 13.2. The van der Waals surface area contributed by atoms with E-state index >= 15 is 0 Å². The lowest BCUT2D eigenvalue weighted by Gasteiger charge is -2.32. The molecule has 7 nitrogen and oxygen atoms in total. The van der Waals surface area contributed by atoms with E-state index in [1.807, 2.05) is 10.8 Å². The van der Waals surface area contributed by atoms with Gasteiger partial charge in [-0.05, 0) is 25.5 Å². The summed E-state index contributed by atoms with van der Waals surface area (Å²) in [6, 6.07) is 0.898. The van der Waals surface area contributed by atoms with Gasteiger partial charge in [0.15, 0.2) is 0 Å². The van der Waals surface area contributed by atoms with Gasteiger partial charge in [-0.15, -0.1) is 0 Å². The van der Waals surface area contributed by atoms with Crippen LogP contribution in [-0.4, -0.2) is 43.8 Å². The van der Waals surface area contributed by atoms with Crippen LogP contribution in [-0.2, 0) is 28.9 Å². The maximum atomic E-state index is 13.2. The fourth-order valence-electron chi connectivity index (χ4n) is 3.72. The summed E-state index contributed by atoms with van der Waals surface area (Å²) in [5.74, 6) is -0.0877. The van der Waals surface area contributed by atoms with Crippen LogP contribution >= 0.6 is 0 Å². The number of hydrogen-bond donors (Lipinski definition) is 0. The summed E-state index contributed by atoms with van der Waals surface area (Å²) in [6.45, 7) is 2.78. The highest BCUT2D eigenvalue weighted by atomic mass is 19.4. The largest absolute Gasteiger partial charge is 0.416 e. The average molecular weight is 393 g/mol. The highest BCUT2D eigenvalue weighted by Gasteiger charge is 2.41. The zero-order chi connectivity index (χ0) is 20.1. The first-order chi connectivity index (χ1) is 13.2. The zero-order valence-electron chi connectivity index (χ0n) is 15.1. The van der Waals surface area contributed by atoms with Crippen molar-refractivity contribution in [2.24, 2.45) is 0 Å². The second kappa shape index (κ2) is 6.61. The second-order valence-corrected chi connectivity index (χ2v) is 6.97. The first-order valence-corrected chi connectivity index (χ1v) is 8.91. The summed E-state index contributed by atoms with van der Waals surface area (Å²) in [5, 5.41) is 0. The first-order valence-electron chi connectivity index (χ1n) is 8.91. The third-order valence-corrected chi connectivity index (χ3v) is 5.07. The Morgan fingerprint density at radius 1 is 1.25 bits per heavy atom. The first kappa shape index (κ1) is 18.5. The van der Waals surface area contributed by atoms with Crippen molar-refractivity contribution in [3.8, 4) is 0 Å². The van der Waals surface area contributed by atoms with Crippen molar-refractivity contribution < 1.29 is 22.8 Å². The van der Waals surface area contributed by atoms with Gasteiger partial charge in [-0.3, -0.25) is 14.5 Å². The molecule has 2 amide bonds. The molecule has 4 rings (SSSR count). The van der Waals surface area contributed by atoms with Crippen LogP contribution in [0.5, 0.6) is 0 Å². The molecule has 1 saturated heterocycles. The topological polar surface area (TPSA) is 71.3 Å². The predicted octanol–water partition coefficient (Wildman–Crippen LogP) is 2.14. The molecule has 2 aliphatic rings. The van der Waals surface area contributed by atoms with Crippen LogP contribution in [0.15, 0.2) is 24.5 Å². The van der Waals surface area contributed by atoms with Crippen molar-refractivity contribution >= 4 is 17.6 Å². The third-order valence-electron chi connectivity index (χ3n) is 5.07. The Bertz CT molecular complexity index is 940. The third kappa shape index (κ3) is 3.23. The van der Waals surface area contributed by atoms with Gasteiger partial charge in [0.2, 0.25) is 11.8 Å². The van der Waals surface area contributed by atoms with Gasteiger partial charge in [-0.2, -0.15) is 13.2 Å². The number of aromatic nitrogens is 3. The number of carbonyl (C=O) groups is 2. The molecule has 0 bridgehead atoms. The number of aryl methyl sites for hydroxylation is 1. The highest BCUT2D eigenvalue weighted by Crippen LogP contribution is 2.34. The number of nitrogens with zero attached hydrogens (tertiary/aromatic N) is 5. The molecule has 1 fully saturated rings. The van der Waals surface area contributed by atoms with E-state index in [4.69, 9.17) is 0 Å². The number of rotatable bonds is 2. The number of alkyl halides is 3. The number of carbonyl (C=O) groups excluding carboxylic acids is 2. The van der Waals surface area contributed by atoms with Crippen molar-refractivity contribution in [2.75, 3.05) is 11.4 Å². The Balaban J connectivity index is 1.63. The van der Waals surface area contributed by atoms with Crippen LogP contribution in [0.2, 0.25) is 0 Å². The molecule has 0 aliphatic carbocycles. The summed E-state index contributed by atoms with van der Waals surface area (Å²) in [5.41, 5.74) is -0.753. The smallest absolute Gasteiger partial charge is 0.332 e. The van der Waals surface area contributed by atoms with Gasteiger partial charge < -0.3 is 9.47 Å². The normalized spacial score (nSPS) is 19.9. The lowest BCUT2D eigenvalue weighted by atomic mass is 10.1. The second-order valence-electron chi connectivity index (χ2n) is 6.97. The molecule has 2 aliphatic heterocycles. The minimum absolute atomic E-state index is 0.0931. The highest BCUT2D eigenvalue weighted by molar-refractivity contribution is 6.03. The minimum Gasteiger partial charge on any atom is -0.332 e. The molecule has 2 aromatic rings. The Morgan fingerprint density at radius 3 is 2.79 bits per heavy atom. The average Bonchev–Trinajstić information content (AvgIpc) is 3.25. The standard InChI is InChI=1S/C18H18F3N5O2/c1-11-8-12(18(19,20)21)9-14(23-11)26-13(2-3-16(26)27)17(28)25-7-6-24-5-4-22-15(24)10-25/h4-5,8-9,13H,2-3,6-7,10H2,1H3. The van der Waals surface area contributed by atoms with E-state index in [1.165, 1.54) is 6.92 Å². The lowest BCUT2D eigenvalue weighted by Crippen LogP contribution is -2.49. The molecule has 0 saturated carbocycles. The number of anilines is 1. The van der Waals surface area contributed by atoms with Gasteiger partial charge in [0.1, 0.15) is 17.7 Å². The fourth-order valence-corrected chi connectivity index (χ4v) is 3.72. The Morgan fingerprint density at radius 2 is 2.04 bits per heavy atom. The molecule has 1 atom stereocenters. The van der Waals surface area contributed by atoms with Crippen LogP contribution in [0.4, 0.5) is 19.0 Å². The van der Waals surface area contributed by atoms with Gasteiger partial charge in [0, 0.05) is 37.6 Å². The number of pyridine rings is 1. The van der Waals surface area contributed by atoms with Crippen LogP contribution in [0.25, 0.3) is 0 Å². The van der Waals surface area contributed by atoms with Crippen molar-refractivity contribution in [3.05, 3.63) is 41.6 Å². The van der Waals surface area contributed by atoms with E-state index in [1.54, 1.807) is 11.1 Å². The number of hydrogen-bond acceptors (Lipinski definition) is 4. The number of fused-ring (bicyclic) bond motifs is 1. The summed E-state index contributed by atoms with van der Waals surface area (Å²) in [6.07, 6.45) is -0.730. The van der Waals surface area contributed by atoms with Crippen LogP contribution in [0.1, 0.15) is 29.9 Å². The van der Waals surface area contributed by atoms with Crippen molar-refractivity contribution in [2.45, 2.75) is 45.1 Å². The van der Waals surface area contributed by atoms with Crippen molar-refractivity contribution in [1.29, 1.82) is 0 Å². The molecule has 10 heteroatoms. The zero-order valence-corrected chi connectivity index (χ0v) is 15.1. The van der Waals surface area contributed by atoms with Crippen molar-refractivity contribution in [3.63, 3.8) is 0 Å². The molecular weight excluding hydrogens is 375 g/mol. The Labute approximate surface area is 158 Å². The van der Waals surface area contributed by atoms with Crippen LogP contribution in [0.3, 0.4) is 0 Å². The molecule has 0 radical (unpaired) electrons. The van der Waals surface area contributed by atoms with E-state index in [-0.39, 0.29) is 30.3 Å². The van der Waals surface area contributed by atoms with Gasteiger partial charge >= 0.3 is 6.18 Å². The number of imidazole rings is 1. The summed E-state index contributed by atoms with van der Waals surface area (Å²) >= 11 is 0. The number of amides is 2. The van der Waals surface area contributed by atoms with E-state index < -0.39 is 23.7 Å². The van der Waals surface area contributed by atoms with Gasteiger partial charge in [0.25, 0.3) is 0 Å².